The number of benzene rings is 1. The van der Waals surface area contributed by atoms with Crippen molar-refractivity contribution in [1.82, 2.24) is 4.98 Å². The number of nitrogen functional groups attached to an aromatic ring is 1. The normalized spacial score (nSPS) is 17.7. The second kappa shape index (κ2) is 14.5. The van der Waals surface area contributed by atoms with Crippen LogP contribution in [-0.2, 0) is 6.42 Å². The van der Waals surface area contributed by atoms with Crippen LogP contribution in [0.5, 0.6) is 0 Å². The Morgan fingerprint density at radius 2 is 1.85 bits per heavy atom. The van der Waals surface area contributed by atoms with Crippen molar-refractivity contribution in [1.29, 1.82) is 5.26 Å². The van der Waals surface area contributed by atoms with Gasteiger partial charge in [0.25, 0.3) is 0 Å². The monoisotopic (exact) mass is 449 g/mol. The minimum absolute atomic E-state index is 0.0127. The highest BCUT2D eigenvalue weighted by molar-refractivity contribution is 5.84. The summed E-state index contributed by atoms with van der Waals surface area (Å²) in [6, 6.07) is 6.34. The molecular weight excluding hydrogens is 406 g/mol. The smallest absolute Gasteiger partial charge is 0.0994 e. The molecule has 33 heavy (non-hydrogen) atoms. The third-order valence-electron chi connectivity index (χ3n) is 6.03. The van der Waals surface area contributed by atoms with Crippen LogP contribution in [0.25, 0.3) is 5.57 Å². The molecule has 1 aliphatic carbocycles. The molecule has 0 saturated heterocycles. The Labute approximate surface area is 201 Å². The Kier molecular flexibility index (Phi) is 12.5. The molecule has 2 aromatic rings. The molecule has 1 fully saturated rings. The van der Waals surface area contributed by atoms with Crippen LogP contribution in [0.15, 0.2) is 30.6 Å². The summed E-state index contributed by atoms with van der Waals surface area (Å²) in [5.41, 5.74) is 14.1. The Hall–Kier alpha value is -2.64. The molecule has 3 N–H and O–H groups in total. The van der Waals surface area contributed by atoms with E-state index in [1.165, 1.54) is 12.8 Å². The van der Waals surface area contributed by atoms with Gasteiger partial charge in [0.05, 0.1) is 29.6 Å². The van der Waals surface area contributed by atoms with Gasteiger partial charge in [0, 0.05) is 11.8 Å². The molecule has 4 nitrogen and oxygen atoms in total. The molecule has 1 aromatic carbocycles. The number of aryl methyl sites for hydroxylation is 2. The quantitative estimate of drug-likeness (QED) is 0.519. The van der Waals surface area contributed by atoms with Gasteiger partial charge in [0.2, 0.25) is 0 Å². The van der Waals surface area contributed by atoms with Gasteiger partial charge in [0.1, 0.15) is 0 Å². The number of allylic oxidation sites excluding steroid dienone is 1. The van der Waals surface area contributed by atoms with Crippen molar-refractivity contribution >= 4 is 11.3 Å². The maximum absolute atomic E-state index is 9.36. The topological polar surface area (TPSA) is 82.9 Å². The van der Waals surface area contributed by atoms with E-state index in [2.05, 4.69) is 50.9 Å². The van der Waals surface area contributed by atoms with E-state index >= 15 is 0 Å². The van der Waals surface area contributed by atoms with Gasteiger partial charge in [-0.05, 0) is 79.3 Å². The first kappa shape index (κ1) is 28.4. The fourth-order valence-corrected chi connectivity index (χ4v) is 4.36. The second-order valence-corrected chi connectivity index (χ2v) is 8.65. The minimum Gasteiger partial charge on any atom is -0.397 e. The van der Waals surface area contributed by atoms with E-state index in [0.29, 0.717) is 5.56 Å². The molecule has 0 spiro atoms. The number of aliphatic hydroxyl groups is 1. The lowest BCUT2D eigenvalue weighted by Gasteiger charge is -2.21. The first-order valence-electron chi connectivity index (χ1n) is 12.4. The van der Waals surface area contributed by atoms with Crippen molar-refractivity contribution in [3.8, 4) is 6.07 Å². The molecule has 1 heterocycles. The lowest BCUT2D eigenvalue weighted by molar-refractivity contribution is 0.106. The van der Waals surface area contributed by atoms with Gasteiger partial charge in [-0.25, -0.2) is 0 Å². The molecule has 1 aliphatic rings. The van der Waals surface area contributed by atoms with Crippen LogP contribution < -0.4 is 5.73 Å². The highest BCUT2D eigenvalue weighted by Gasteiger charge is 2.16. The van der Waals surface area contributed by atoms with Gasteiger partial charge in [-0.3, -0.25) is 4.98 Å². The van der Waals surface area contributed by atoms with Crippen molar-refractivity contribution < 1.29 is 5.11 Å². The second-order valence-electron chi connectivity index (χ2n) is 8.65. The predicted octanol–water partition coefficient (Wildman–Crippen LogP) is 7.14. The molecule has 0 radical (unpaired) electrons. The van der Waals surface area contributed by atoms with Crippen LogP contribution in [0.2, 0.25) is 0 Å². The number of pyridine rings is 1. The zero-order valence-electron chi connectivity index (χ0n) is 21.7. The van der Waals surface area contributed by atoms with Crippen LogP contribution in [-0.4, -0.2) is 16.2 Å². The molecule has 180 valence electrons. The van der Waals surface area contributed by atoms with Gasteiger partial charge >= 0.3 is 0 Å². The Morgan fingerprint density at radius 3 is 2.36 bits per heavy atom. The van der Waals surface area contributed by atoms with Crippen LogP contribution in [0.1, 0.15) is 100 Å². The van der Waals surface area contributed by atoms with Crippen molar-refractivity contribution in [2.75, 3.05) is 5.73 Å². The Morgan fingerprint density at radius 1 is 1.15 bits per heavy atom. The van der Waals surface area contributed by atoms with Gasteiger partial charge < -0.3 is 10.8 Å². The number of nitrogens with zero attached hydrogens (tertiary/aromatic N) is 2. The summed E-state index contributed by atoms with van der Waals surface area (Å²) >= 11 is 0. The maximum atomic E-state index is 9.36. The van der Waals surface area contributed by atoms with Crippen molar-refractivity contribution in [2.45, 2.75) is 93.1 Å². The zero-order valence-corrected chi connectivity index (χ0v) is 21.7. The summed E-state index contributed by atoms with van der Waals surface area (Å²) < 4.78 is 0. The summed E-state index contributed by atoms with van der Waals surface area (Å²) in [6.45, 7) is 14.5. The standard InChI is InChI=1S/C20H23N3.C7H14O.C2H6/c1-5-7-17(19-11-23-12-20(22)16(19)6-2)18-9-15(10-21)13(3)8-14(18)4;1-6-3-2-4-7(8)5-6;1-2/h7-9,11-12H,5-6,22H2,1-4H3;6-8H,2-5H2,1H3;1-2H3/b17-7+;;. The fourth-order valence-electron chi connectivity index (χ4n) is 4.36. The molecule has 1 saturated carbocycles. The third-order valence-corrected chi connectivity index (χ3v) is 6.03. The van der Waals surface area contributed by atoms with Crippen LogP contribution in [0, 0.1) is 31.1 Å². The van der Waals surface area contributed by atoms with Gasteiger partial charge in [-0.2, -0.15) is 5.26 Å². The van der Waals surface area contributed by atoms with E-state index < -0.39 is 0 Å². The Bertz CT molecular complexity index is 948. The fraction of sp³-hybridized carbons (Fsp3) is 0.517. The number of hydrogen-bond acceptors (Lipinski definition) is 4. The van der Waals surface area contributed by atoms with E-state index in [1.54, 1.807) is 6.20 Å². The third kappa shape index (κ3) is 8.02. The van der Waals surface area contributed by atoms with E-state index in [9.17, 15) is 5.26 Å². The summed E-state index contributed by atoms with van der Waals surface area (Å²) in [5, 5.41) is 18.4. The highest BCUT2D eigenvalue weighted by Crippen LogP contribution is 2.32. The van der Waals surface area contributed by atoms with Crippen LogP contribution >= 0.6 is 0 Å². The molecule has 0 bridgehead atoms. The van der Waals surface area contributed by atoms with Crippen molar-refractivity contribution in [3.63, 3.8) is 0 Å². The molecule has 2 atom stereocenters. The summed E-state index contributed by atoms with van der Waals surface area (Å²) in [4.78, 5) is 4.28. The van der Waals surface area contributed by atoms with E-state index in [1.807, 2.05) is 33.0 Å². The number of aliphatic hydroxyl groups excluding tert-OH is 1. The molecule has 3 rings (SSSR count). The molecule has 1 aromatic heterocycles. The Balaban J connectivity index is 0.000000454. The molecule has 2 unspecified atom stereocenters. The average molecular weight is 450 g/mol. The van der Waals surface area contributed by atoms with E-state index in [4.69, 9.17) is 10.8 Å². The molecule has 0 amide bonds. The van der Waals surface area contributed by atoms with E-state index in [0.717, 1.165) is 70.7 Å². The number of hydrogen-bond donors (Lipinski definition) is 2. The largest absolute Gasteiger partial charge is 0.397 e. The van der Waals surface area contributed by atoms with Crippen molar-refractivity contribution in [2.24, 2.45) is 5.92 Å². The van der Waals surface area contributed by atoms with Crippen LogP contribution in [0.4, 0.5) is 5.69 Å². The summed E-state index contributed by atoms with van der Waals surface area (Å²) in [7, 11) is 0. The SMILES string of the molecule is CC.CC/C=C(\c1cc(C#N)c(C)cc1C)c1cncc(N)c1CC.CC1CCCC(O)C1. The van der Waals surface area contributed by atoms with Crippen LogP contribution in [0.3, 0.4) is 0 Å². The van der Waals surface area contributed by atoms with Gasteiger partial charge in [-0.15, -0.1) is 0 Å². The van der Waals surface area contributed by atoms with Gasteiger partial charge in [-0.1, -0.05) is 59.6 Å². The number of aromatic nitrogens is 1. The number of anilines is 1. The highest BCUT2D eigenvalue weighted by atomic mass is 16.3. The number of nitrogens with two attached hydrogens (primary N) is 1. The summed E-state index contributed by atoms with van der Waals surface area (Å²) in [6.07, 6.45) is 12.1. The molecular formula is C29H43N3O. The maximum Gasteiger partial charge on any atom is 0.0994 e. The molecule has 0 aliphatic heterocycles. The van der Waals surface area contributed by atoms with Gasteiger partial charge in [0.15, 0.2) is 0 Å². The summed E-state index contributed by atoms with van der Waals surface area (Å²) in [5.74, 6) is 0.763. The lowest BCUT2D eigenvalue weighted by atomic mass is 9.88. The number of nitriles is 1. The van der Waals surface area contributed by atoms with E-state index in [-0.39, 0.29) is 6.10 Å². The first-order valence-corrected chi connectivity index (χ1v) is 12.4. The molecule has 4 heteroatoms. The minimum atomic E-state index is 0.0127. The lowest BCUT2D eigenvalue weighted by Crippen LogP contribution is -2.16. The predicted molar refractivity (Wildman–Crippen MR) is 141 cm³/mol. The zero-order chi connectivity index (χ0) is 25.0. The average Bonchev–Trinajstić information content (AvgIpc) is 2.79. The number of rotatable bonds is 4. The first-order chi connectivity index (χ1) is 15.8. The van der Waals surface area contributed by atoms with Crippen molar-refractivity contribution in [3.05, 3.63) is 64.0 Å².